The molecule has 0 bridgehead atoms. The predicted molar refractivity (Wildman–Crippen MR) is 83.4 cm³/mol. The molecule has 0 saturated heterocycles. The lowest BCUT2D eigenvalue weighted by Crippen LogP contribution is -2.38. The molecule has 3 heteroatoms. The summed E-state index contributed by atoms with van der Waals surface area (Å²) in [5.74, 6) is 1.58. The largest absolute Gasteiger partial charge is 0.384 e. The third-order valence-electron chi connectivity index (χ3n) is 4.01. The second kappa shape index (κ2) is 7.80. The average Bonchev–Trinajstić information content (AvgIpc) is 2.91. The van der Waals surface area contributed by atoms with E-state index in [0.29, 0.717) is 0 Å². The zero-order valence-corrected chi connectivity index (χ0v) is 13.5. The van der Waals surface area contributed by atoms with Gasteiger partial charge in [-0.2, -0.15) is 0 Å². The van der Waals surface area contributed by atoms with Crippen molar-refractivity contribution in [2.24, 2.45) is 11.8 Å². The Kier molecular flexibility index (Phi) is 6.05. The fraction of sp³-hybridized carbons (Fsp3) is 0.688. The van der Waals surface area contributed by atoms with E-state index >= 15 is 0 Å². The molecule has 1 atom stereocenters. The quantitative estimate of drug-likeness (QED) is 0.715. The maximum atomic E-state index is 6.06. The summed E-state index contributed by atoms with van der Waals surface area (Å²) < 4.78 is 6.06. The van der Waals surface area contributed by atoms with Crippen LogP contribution < -0.4 is 5.32 Å². The maximum Gasteiger partial charge on any atom is 0.124 e. The van der Waals surface area contributed by atoms with E-state index < -0.39 is 8.80 Å². The first-order valence-corrected chi connectivity index (χ1v) is 9.95. The highest BCUT2D eigenvalue weighted by atomic mass is 28.3. The van der Waals surface area contributed by atoms with E-state index in [1.54, 1.807) is 0 Å². The third-order valence-corrected chi connectivity index (χ3v) is 7.34. The van der Waals surface area contributed by atoms with Crippen LogP contribution in [0.3, 0.4) is 0 Å². The number of nitrogens with zero attached hydrogens (tertiary/aromatic N) is 1. The molecule has 106 valence electrons. The Balaban J connectivity index is 1.83. The van der Waals surface area contributed by atoms with Crippen molar-refractivity contribution in [2.75, 3.05) is 12.8 Å². The van der Waals surface area contributed by atoms with Crippen molar-refractivity contribution >= 4 is 14.1 Å². The molecule has 0 N–H and O–H groups in total. The summed E-state index contributed by atoms with van der Waals surface area (Å²) in [7, 11) is -1.04. The molecule has 1 aromatic heterocycles. The number of ether oxygens (including phenoxy) is 1. The van der Waals surface area contributed by atoms with Gasteiger partial charge in [0.15, 0.2) is 0 Å². The Hall–Kier alpha value is -0.673. The molecule has 0 aliphatic heterocycles. The van der Waals surface area contributed by atoms with Crippen molar-refractivity contribution in [1.82, 2.24) is 4.98 Å². The molecular weight excluding hydrogens is 250 g/mol. The van der Waals surface area contributed by atoms with E-state index in [2.05, 4.69) is 31.0 Å². The molecule has 0 aromatic carbocycles. The third kappa shape index (κ3) is 5.07. The van der Waals surface area contributed by atoms with E-state index in [1.807, 2.05) is 12.3 Å². The first kappa shape index (κ1) is 14.7. The molecule has 0 spiro atoms. The number of hydrogen-bond donors (Lipinski definition) is 0. The first-order chi connectivity index (χ1) is 9.25. The lowest BCUT2D eigenvalue weighted by atomic mass is 10.1. The van der Waals surface area contributed by atoms with Gasteiger partial charge in [-0.3, -0.25) is 4.98 Å². The molecule has 1 unspecified atom stereocenters. The number of pyridine rings is 1. The molecule has 1 aliphatic carbocycles. The fourth-order valence-corrected chi connectivity index (χ4v) is 5.80. The van der Waals surface area contributed by atoms with Gasteiger partial charge in [0.1, 0.15) is 8.80 Å². The molecule has 1 heterocycles. The maximum absolute atomic E-state index is 6.06. The highest BCUT2D eigenvalue weighted by Gasteiger charge is 2.19. The molecule has 19 heavy (non-hydrogen) atoms. The van der Waals surface area contributed by atoms with Gasteiger partial charge in [-0.15, -0.1) is 0 Å². The Bertz CT molecular complexity index is 349. The van der Waals surface area contributed by atoms with Crippen molar-refractivity contribution in [3.8, 4) is 0 Å². The Morgan fingerprint density at radius 1 is 1.32 bits per heavy atom. The minimum absolute atomic E-state index is 0.744. The van der Waals surface area contributed by atoms with Crippen molar-refractivity contribution < 1.29 is 4.74 Å². The van der Waals surface area contributed by atoms with Gasteiger partial charge in [-0.25, -0.2) is 0 Å². The summed E-state index contributed by atoms with van der Waals surface area (Å²) in [5.41, 5.74) is 0. The van der Waals surface area contributed by atoms with E-state index in [1.165, 1.54) is 37.0 Å². The van der Waals surface area contributed by atoms with Crippen LogP contribution in [0.2, 0.25) is 6.04 Å². The highest BCUT2D eigenvalue weighted by Crippen LogP contribution is 2.24. The van der Waals surface area contributed by atoms with E-state index in [0.717, 1.165) is 24.7 Å². The van der Waals surface area contributed by atoms with Crippen LogP contribution in [0.4, 0.5) is 0 Å². The summed E-state index contributed by atoms with van der Waals surface area (Å²) in [5, 5.41) is 1.32. The Morgan fingerprint density at radius 2 is 2.11 bits per heavy atom. The minimum atomic E-state index is -1.04. The molecule has 1 fully saturated rings. The minimum Gasteiger partial charge on any atom is -0.384 e. The number of aromatic nitrogens is 1. The van der Waals surface area contributed by atoms with Crippen molar-refractivity contribution in [2.45, 2.75) is 45.6 Å². The smallest absolute Gasteiger partial charge is 0.124 e. The van der Waals surface area contributed by atoms with Crippen LogP contribution >= 0.6 is 0 Å². The van der Waals surface area contributed by atoms with Crippen LogP contribution in [-0.2, 0) is 4.74 Å². The number of hydrogen-bond acceptors (Lipinski definition) is 2. The number of rotatable bonds is 7. The van der Waals surface area contributed by atoms with Crippen LogP contribution in [0.15, 0.2) is 24.4 Å². The monoisotopic (exact) mass is 277 g/mol. The Labute approximate surface area is 119 Å². The fourth-order valence-electron chi connectivity index (χ4n) is 3.01. The van der Waals surface area contributed by atoms with Gasteiger partial charge < -0.3 is 4.74 Å². The molecule has 2 rings (SSSR count). The van der Waals surface area contributed by atoms with E-state index in [9.17, 15) is 0 Å². The summed E-state index contributed by atoms with van der Waals surface area (Å²) in [6, 6.07) is 7.60. The van der Waals surface area contributed by atoms with Gasteiger partial charge in [0.05, 0.1) is 0 Å². The van der Waals surface area contributed by atoms with Gasteiger partial charge in [0.2, 0.25) is 0 Å². The molecule has 1 aromatic rings. The summed E-state index contributed by atoms with van der Waals surface area (Å²) >= 11 is 0. The highest BCUT2D eigenvalue weighted by molar-refractivity contribution is 6.72. The Morgan fingerprint density at radius 3 is 2.74 bits per heavy atom. The second-order valence-electron chi connectivity index (χ2n) is 6.27. The molecule has 0 radical (unpaired) electrons. The van der Waals surface area contributed by atoms with Crippen LogP contribution in [0.25, 0.3) is 0 Å². The molecular formula is C16H27NOSi. The first-order valence-electron chi connectivity index (χ1n) is 7.74. The summed E-state index contributed by atoms with van der Waals surface area (Å²) in [6.07, 6.45) is 8.44. The molecule has 1 saturated carbocycles. The summed E-state index contributed by atoms with van der Waals surface area (Å²) in [4.78, 5) is 4.56. The zero-order chi connectivity index (χ0) is 13.5. The van der Waals surface area contributed by atoms with Gasteiger partial charge in [-0.1, -0.05) is 38.8 Å². The van der Waals surface area contributed by atoms with Gasteiger partial charge in [-0.05, 0) is 36.8 Å². The van der Waals surface area contributed by atoms with Gasteiger partial charge in [0, 0.05) is 24.4 Å². The summed E-state index contributed by atoms with van der Waals surface area (Å²) in [6.45, 7) is 5.59. The van der Waals surface area contributed by atoms with Crippen LogP contribution in [-0.4, -0.2) is 26.6 Å². The van der Waals surface area contributed by atoms with Crippen LogP contribution in [0.5, 0.6) is 0 Å². The van der Waals surface area contributed by atoms with E-state index in [-0.39, 0.29) is 0 Å². The van der Waals surface area contributed by atoms with Crippen LogP contribution in [0, 0.1) is 11.8 Å². The lowest BCUT2D eigenvalue weighted by molar-refractivity contribution is 0.135. The zero-order valence-electron chi connectivity index (χ0n) is 12.3. The van der Waals surface area contributed by atoms with Gasteiger partial charge >= 0.3 is 0 Å². The average molecular weight is 277 g/mol. The topological polar surface area (TPSA) is 22.1 Å². The lowest BCUT2D eigenvalue weighted by Gasteiger charge is -2.18. The molecule has 0 amide bonds. The van der Waals surface area contributed by atoms with Crippen LogP contribution in [0.1, 0.15) is 39.5 Å². The van der Waals surface area contributed by atoms with Crippen molar-refractivity contribution in [1.29, 1.82) is 0 Å². The second-order valence-corrected chi connectivity index (χ2v) is 9.06. The molecule has 2 nitrogen and oxygen atoms in total. The predicted octanol–water partition coefficient (Wildman–Crippen LogP) is 2.92. The van der Waals surface area contributed by atoms with Gasteiger partial charge in [0.25, 0.3) is 0 Å². The van der Waals surface area contributed by atoms with Crippen molar-refractivity contribution in [3.63, 3.8) is 0 Å². The molecule has 1 aliphatic rings. The van der Waals surface area contributed by atoms with Crippen molar-refractivity contribution in [3.05, 3.63) is 24.4 Å². The SMILES string of the molecule is CC(C)C[SiH](COCC1CCCC1)c1ccccn1. The normalized spacial score (nSPS) is 18.1. The standard InChI is InChI=1S/C16H27NOSi/c1-14(2)12-19(16-9-5-6-10-17-16)13-18-11-15-7-3-4-8-15/h5-6,9-10,14-15,19H,3-4,7-8,11-13H2,1-2H3. The van der Waals surface area contributed by atoms with E-state index in [4.69, 9.17) is 4.74 Å².